The average Bonchev–Trinajstić information content (AvgIpc) is 2.91. The average molecular weight is 479 g/mol. The molecule has 182 valence electrons. The molecule has 5 nitrogen and oxygen atoms in total. The number of hydrogen-bond acceptors (Lipinski definition) is 3. The van der Waals surface area contributed by atoms with E-state index < -0.39 is 6.10 Å². The van der Waals surface area contributed by atoms with Crippen LogP contribution in [0.2, 0.25) is 0 Å². The molecule has 1 unspecified atom stereocenters. The first-order valence-electron chi connectivity index (χ1n) is 12.0. The van der Waals surface area contributed by atoms with E-state index in [0.717, 1.165) is 27.9 Å². The van der Waals surface area contributed by atoms with E-state index in [1.54, 1.807) is 31.2 Å². The summed E-state index contributed by atoms with van der Waals surface area (Å²) in [6, 6.07) is 32.0. The summed E-state index contributed by atoms with van der Waals surface area (Å²) in [5.41, 5.74) is 5.14. The number of hydrogen-bond donors (Lipinski definition) is 2. The Morgan fingerprint density at radius 1 is 0.722 bits per heavy atom. The highest BCUT2D eigenvalue weighted by molar-refractivity contribution is 6.06. The van der Waals surface area contributed by atoms with Crippen LogP contribution in [0.15, 0.2) is 103 Å². The molecule has 0 bridgehead atoms. The number of para-hydroxylation sites is 1. The zero-order valence-corrected chi connectivity index (χ0v) is 20.7. The quantitative estimate of drug-likeness (QED) is 0.316. The monoisotopic (exact) mass is 478 g/mol. The molecular formula is C31H30N2O3. The fraction of sp³-hybridized carbons (Fsp3) is 0.161. The van der Waals surface area contributed by atoms with Crippen LogP contribution in [-0.2, 0) is 4.79 Å². The van der Waals surface area contributed by atoms with Crippen LogP contribution in [0.1, 0.15) is 45.6 Å². The van der Waals surface area contributed by atoms with E-state index in [4.69, 9.17) is 4.74 Å². The van der Waals surface area contributed by atoms with Gasteiger partial charge >= 0.3 is 0 Å². The molecule has 0 heterocycles. The molecule has 0 saturated heterocycles. The lowest BCUT2D eigenvalue weighted by Gasteiger charge is -2.23. The predicted molar refractivity (Wildman–Crippen MR) is 143 cm³/mol. The Labute approximate surface area is 212 Å². The standard InChI is InChI=1S/C31H30N2O3/c1-21-13-12-19-27(22(21)2)32-31(35)26-18-10-11-20-28(26)36-23(3)30(34)33-29(24-14-6-4-7-15-24)25-16-8-5-9-17-25/h4-20,23,29H,1-3H3,(H,32,35)(H,33,34). The predicted octanol–water partition coefficient (Wildman–Crippen LogP) is 6.23. The van der Waals surface area contributed by atoms with E-state index in [1.807, 2.05) is 92.7 Å². The van der Waals surface area contributed by atoms with Gasteiger partial charge in [-0.2, -0.15) is 0 Å². The van der Waals surface area contributed by atoms with E-state index in [2.05, 4.69) is 10.6 Å². The summed E-state index contributed by atoms with van der Waals surface area (Å²) >= 11 is 0. The van der Waals surface area contributed by atoms with Gasteiger partial charge in [-0.15, -0.1) is 0 Å². The number of carbonyl (C=O) groups excluding carboxylic acids is 2. The number of anilines is 1. The molecule has 1 atom stereocenters. The highest BCUT2D eigenvalue weighted by Crippen LogP contribution is 2.25. The maximum Gasteiger partial charge on any atom is 0.261 e. The van der Waals surface area contributed by atoms with E-state index in [-0.39, 0.29) is 17.9 Å². The zero-order chi connectivity index (χ0) is 25.5. The van der Waals surface area contributed by atoms with E-state index in [9.17, 15) is 9.59 Å². The third-order valence-corrected chi connectivity index (χ3v) is 6.21. The van der Waals surface area contributed by atoms with Gasteiger partial charge in [0.25, 0.3) is 11.8 Å². The summed E-state index contributed by atoms with van der Waals surface area (Å²) in [5, 5.41) is 6.07. The van der Waals surface area contributed by atoms with Crippen molar-refractivity contribution in [1.29, 1.82) is 0 Å². The third-order valence-electron chi connectivity index (χ3n) is 6.21. The van der Waals surface area contributed by atoms with Crippen molar-refractivity contribution >= 4 is 17.5 Å². The molecule has 0 aliphatic rings. The molecule has 5 heteroatoms. The van der Waals surface area contributed by atoms with Crippen molar-refractivity contribution in [1.82, 2.24) is 5.32 Å². The molecular weight excluding hydrogens is 448 g/mol. The summed E-state index contributed by atoms with van der Waals surface area (Å²) in [7, 11) is 0. The molecule has 0 saturated carbocycles. The molecule has 0 spiro atoms. The molecule has 36 heavy (non-hydrogen) atoms. The second-order valence-corrected chi connectivity index (χ2v) is 8.72. The number of amides is 2. The molecule has 4 aromatic carbocycles. The van der Waals surface area contributed by atoms with Crippen molar-refractivity contribution in [2.24, 2.45) is 0 Å². The number of nitrogens with one attached hydrogen (secondary N) is 2. The largest absolute Gasteiger partial charge is 0.480 e. The Morgan fingerprint density at radius 2 is 1.31 bits per heavy atom. The molecule has 0 aliphatic heterocycles. The van der Waals surface area contributed by atoms with E-state index >= 15 is 0 Å². The maximum absolute atomic E-state index is 13.2. The molecule has 2 N–H and O–H groups in total. The first-order chi connectivity index (χ1) is 17.4. The highest BCUT2D eigenvalue weighted by Gasteiger charge is 2.23. The molecule has 2 amide bonds. The summed E-state index contributed by atoms with van der Waals surface area (Å²) in [6.07, 6.45) is -0.824. The van der Waals surface area contributed by atoms with Crippen molar-refractivity contribution in [3.8, 4) is 5.75 Å². The smallest absolute Gasteiger partial charge is 0.261 e. The number of aryl methyl sites for hydroxylation is 1. The Balaban J connectivity index is 1.51. The Bertz CT molecular complexity index is 1300. The van der Waals surface area contributed by atoms with Crippen molar-refractivity contribution < 1.29 is 14.3 Å². The zero-order valence-electron chi connectivity index (χ0n) is 20.7. The summed E-state index contributed by atoms with van der Waals surface area (Å²) in [4.78, 5) is 26.3. The van der Waals surface area contributed by atoms with Gasteiger partial charge < -0.3 is 15.4 Å². The molecule has 0 radical (unpaired) electrons. The van der Waals surface area contributed by atoms with Crippen LogP contribution in [0.25, 0.3) is 0 Å². The summed E-state index contributed by atoms with van der Waals surface area (Å²) < 4.78 is 6.02. The van der Waals surface area contributed by atoms with Crippen LogP contribution in [0.5, 0.6) is 5.75 Å². The second kappa shape index (κ2) is 11.4. The van der Waals surface area contributed by atoms with Gasteiger partial charge in [0.1, 0.15) is 5.75 Å². The maximum atomic E-state index is 13.2. The van der Waals surface area contributed by atoms with E-state index in [1.165, 1.54) is 0 Å². The van der Waals surface area contributed by atoms with Crippen molar-refractivity contribution in [3.05, 3.63) is 131 Å². The Hall–Kier alpha value is -4.38. The third kappa shape index (κ3) is 5.81. The number of rotatable bonds is 8. The lowest BCUT2D eigenvalue weighted by molar-refractivity contribution is -0.127. The van der Waals surface area contributed by atoms with Crippen molar-refractivity contribution in [2.75, 3.05) is 5.32 Å². The minimum absolute atomic E-state index is 0.280. The van der Waals surface area contributed by atoms with Crippen LogP contribution in [0.3, 0.4) is 0 Å². The first kappa shape index (κ1) is 24.7. The van der Waals surface area contributed by atoms with Gasteiger partial charge in [-0.25, -0.2) is 0 Å². The minimum atomic E-state index is -0.824. The molecule has 0 fully saturated rings. The first-order valence-corrected chi connectivity index (χ1v) is 12.0. The van der Waals surface area contributed by atoms with Crippen molar-refractivity contribution in [3.63, 3.8) is 0 Å². The Kier molecular flexibility index (Phi) is 7.81. The van der Waals surface area contributed by atoms with Crippen molar-refractivity contribution in [2.45, 2.75) is 32.9 Å². The van der Waals surface area contributed by atoms with Gasteiger partial charge in [0.15, 0.2) is 6.10 Å². The van der Waals surface area contributed by atoms with Gasteiger partial charge in [-0.3, -0.25) is 9.59 Å². The number of carbonyl (C=O) groups is 2. The van der Waals surface area contributed by atoms with Gasteiger partial charge in [0, 0.05) is 5.69 Å². The molecule has 0 aliphatic carbocycles. The van der Waals surface area contributed by atoms with Gasteiger partial charge in [0.05, 0.1) is 11.6 Å². The Morgan fingerprint density at radius 3 is 1.94 bits per heavy atom. The highest BCUT2D eigenvalue weighted by atomic mass is 16.5. The molecule has 0 aromatic heterocycles. The minimum Gasteiger partial charge on any atom is -0.480 e. The number of ether oxygens (including phenoxy) is 1. The van der Waals surface area contributed by atoms with E-state index in [0.29, 0.717) is 11.3 Å². The van der Waals surface area contributed by atoms with Crippen LogP contribution >= 0.6 is 0 Å². The van der Waals surface area contributed by atoms with Crippen LogP contribution in [-0.4, -0.2) is 17.9 Å². The normalized spacial score (nSPS) is 11.6. The number of benzene rings is 4. The lowest BCUT2D eigenvalue weighted by atomic mass is 9.98. The summed E-state index contributed by atoms with van der Waals surface area (Å²) in [6.45, 7) is 5.65. The van der Waals surface area contributed by atoms with Crippen LogP contribution in [0, 0.1) is 13.8 Å². The van der Waals surface area contributed by atoms with Gasteiger partial charge in [0.2, 0.25) is 0 Å². The SMILES string of the molecule is Cc1cccc(NC(=O)c2ccccc2OC(C)C(=O)NC(c2ccccc2)c2ccccc2)c1C. The second-order valence-electron chi connectivity index (χ2n) is 8.72. The fourth-order valence-corrected chi connectivity index (χ4v) is 3.99. The topological polar surface area (TPSA) is 67.4 Å². The lowest BCUT2D eigenvalue weighted by Crippen LogP contribution is -2.39. The van der Waals surface area contributed by atoms with Crippen LogP contribution in [0.4, 0.5) is 5.69 Å². The van der Waals surface area contributed by atoms with Gasteiger partial charge in [-0.1, -0.05) is 84.9 Å². The van der Waals surface area contributed by atoms with Gasteiger partial charge in [-0.05, 0) is 61.2 Å². The van der Waals surface area contributed by atoms with Crippen LogP contribution < -0.4 is 15.4 Å². The summed E-state index contributed by atoms with van der Waals surface area (Å²) in [5.74, 6) is -0.227. The molecule has 4 aromatic rings. The molecule has 4 rings (SSSR count). The fourth-order valence-electron chi connectivity index (χ4n) is 3.99.